The average molecular weight is 230 g/mol. The summed E-state index contributed by atoms with van der Waals surface area (Å²) in [5.41, 5.74) is 3.99. The van der Waals surface area contributed by atoms with Crippen LogP contribution < -0.4 is 0 Å². The predicted molar refractivity (Wildman–Crippen MR) is 71.4 cm³/mol. The summed E-state index contributed by atoms with van der Waals surface area (Å²) < 4.78 is 0. The molecule has 0 bridgehead atoms. The van der Waals surface area contributed by atoms with Gasteiger partial charge in [0.1, 0.15) is 0 Å². The molecule has 0 spiro atoms. The quantitative estimate of drug-likeness (QED) is 0.790. The Morgan fingerprint density at radius 1 is 1.50 bits per heavy atom. The molecule has 0 aromatic heterocycles. The van der Waals surface area contributed by atoms with Crippen LogP contribution in [0.3, 0.4) is 0 Å². The Labute approximate surface area is 100 Å². The number of allylic oxidation sites excluding steroid dienone is 1. The summed E-state index contributed by atoms with van der Waals surface area (Å²) >= 11 is 1.34. The molecule has 0 saturated heterocycles. The molecule has 1 aliphatic carbocycles. The molecule has 0 unspecified atom stereocenters. The molecule has 0 radical (unpaired) electrons. The second-order valence-corrected chi connectivity index (χ2v) is 4.92. The van der Waals surface area contributed by atoms with Crippen LogP contribution in [0.15, 0.2) is 30.4 Å². The Morgan fingerprint density at radius 3 is 3.19 bits per heavy atom. The molecule has 1 aromatic rings. The summed E-state index contributed by atoms with van der Waals surface area (Å²) in [6.45, 7) is 1.60. The third-order valence-corrected chi connectivity index (χ3v) is 3.31. The van der Waals surface area contributed by atoms with Gasteiger partial charge in [-0.15, -0.1) is 0 Å². The molecule has 1 aromatic carbocycles. The summed E-state index contributed by atoms with van der Waals surface area (Å²) in [6.07, 6.45) is 9.54. The van der Waals surface area contributed by atoms with Gasteiger partial charge in [-0.3, -0.25) is 4.79 Å². The highest BCUT2D eigenvalue weighted by Gasteiger charge is 2.06. The van der Waals surface area contributed by atoms with Crippen molar-refractivity contribution in [2.45, 2.75) is 13.3 Å². The third kappa shape index (κ3) is 2.64. The number of thioether (sulfide) groups is 1. The minimum atomic E-state index is 0.171. The number of hydrogen-bond donors (Lipinski definition) is 0. The van der Waals surface area contributed by atoms with E-state index < -0.39 is 0 Å². The highest BCUT2D eigenvalue weighted by molar-refractivity contribution is 8.13. The number of benzene rings is 1. The number of carbonyl (C=O) groups excluding carboxylic acids is 1. The second-order valence-electron chi connectivity index (χ2n) is 3.73. The molecule has 82 valence electrons. The van der Waals surface area contributed by atoms with Gasteiger partial charge in [-0.1, -0.05) is 54.3 Å². The van der Waals surface area contributed by atoms with Gasteiger partial charge in [-0.05, 0) is 23.1 Å². The monoisotopic (exact) mass is 230 g/mol. The topological polar surface area (TPSA) is 17.1 Å². The normalized spacial score (nSPS) is 13.3. The standard InChI is InChI=1S/C14H14OS/c1-11(15)16-10-4-8-13-6-2-5-12-7-3-9-14(12)13/h2-8H,9-10H2,1H3. The lowest BCUT2D eigenvalue weighted by atomic mass is 10.0. The first-order valence-electron chi connectivity index (χ1n) is 5.36. The minimum Gasteiger partial charge on any atom is -0.288 e. The van der Waals surface area contributed by atoms with Gasteiger partial charge in [0.25, 0.3) is 0 Å². The molecule has 0 fully saturated rings. The number of fused-ring (bicyclic) bond motifs is 1. The van der Waals surface area contributed by atoms with E-state index in [0.29, 0.717) is 0 Å². The lowest BCUT2D eigenvalue weighted by Gasteiger charge is -2.03. The maximum absolute atomic E-state index is 10.8. The Balaban J connectivity index is 2.06. The fourth-order valence-corrected chi connectivity index (χ4v) is 2.24. The molecule has 0 atom stereocenters. The van der Waals surface area contributed by atoms with Gasteiger partial charge in [0.2, 0.25) is 0 Å². The predicted octanol–water partition coefficient (Wildman–Crippen LogP) is 3.55. The van der Waals surface area contributed by atoms with Crippen LogP contribution in [-0.2, 0) is 11.2 Å². The Morgan fingerprint density at radius 2 is 2.38 bits per heavy atom. The van der Waals surface area contributed by atoms with Gasteiger partial charge in [0.05, 0.1) is 0 Å². The first-order chi connectivity index (χ1) is 7.77. The van der Waals surface area contributed by atoms with Gasteiger partial charge in [-0.25, -0.2) is 0 Å². The van der Waals surface area contributed by atoms with Crippen molar-refractivity contribution >= 4 is 29.0 Å². The molecule has 0 aliphatic heterocycles. The van der Waals surface area contributed by atoms with Crippen LogP contribution in [0.2, 0.25) is 0 Å². The van der Waals surface area contributed by atoms with Gasteiger partial charge in [0, 0.05) is 12.7 Å². The third-order valence-electron chi connectivity index (χ3n) is 2.55. The van der Waals surface area contributed by atoms with E-state index in [1.54, 1.807) is 6.92 Å². The first kappa shape index (κ1) is 11.2. The van der Waals surface area contributed by atoms with E-state index in [1.165, 1.54) is 28.5 Å². The molecule has 1 aliphatic rings. The fraction of sp³-hybridized carbons (Fsp3) is 0.214. The van der Waals surface area contributed by atoms with E-state index in [0.717, 1.165) is 12.2 Å². The summed E-state index contributed by atoms with van der Waals surface area (Å²) in [7, 11) is 0. The van der Waals surface area contributed by atoms with Crippen molar-refractivity contribution < 1.29 is 4.79 Å². The Hall–Kier alpha value is -1.28. The van der Waals surface area contributed by atoms with Crippen molar-refractivity contribution in [3.8, 4) is 0 Å². The van der Waals surface area contributed by atoms with Gasteiger partial charge >= 0.3 is 0 Å². The zero-order valence-corrected chi connectivity index (χ0v) is 10.1. The molecule has 0 N–H and O–H groups in total. The molecule has 2 heteroatoms. The maximum atomic E-state index is 10.8. The van der Waals surface area contributed by atoms with Crippen LogP contribution in [0.25, 0.3) is 12.2 Å². The van der Waals surface area contributed by atoms with Crippen LogP contribution in [0.5, 0.6) is 0 Å². The minimum absolute atomic E-state index is 0.171. The first-order valence-corrected chi connectivity index (χ1v) is 6.34. The van der Waals surface area contributed by atoms with E-state index in [2.05, 4.69) is 42.5 Å². The van der Waals surface area contributed by atoms with Crippen LogP contribution >= 0.6 is 11.8 Å². The molecule has 0 amide bonds. The second kappa shape index (κ2) is 5.17. The molecule has 1 nitrogen and oxygen atoms in total. The molecule has 16 heavy (non-hydrogen) atoms. The van der Waals surface area contributed by atoms with E-state index in [9.17, 15) is 4.79 Å². The number of hydrogen-bond acceptors (Lipinski definition) is 2. The smallest absolute Gasteiger partial charge is 0.186 e. The highest BCUT2D eigenvalue weighted by Crippen LogP contribution is 2.24. The lowest BCUT2D eigenvalue weighted by Crippen LogP contribution is -1.87. The summed E-state index contributed by atoms with van der Waals surface area (Å²) in [6, 6.07) is 6.34. The number of rotatable bonds is 3. The Bertz CT molecular complexity index is 458. The van der Waals surface area contributed by atoms with Gasteiger partial charge in [0.15, 0.2) is 5.12 Å². The van der Waals surface area contributed by atoms with Crippen molar-refractivity contribution in [2.75, 3.05) is 5.75 Å². The van der Waals surface area contributed by atoms with Crippen LogP contribution in [0, 0.1) is 0 Å². The van der Waals surface area contributed by atoms with Crippen molar-refractivity contribution in [3.05, 3.63) is 47.0 Å². The van der Waals surface area contributed by atoms with Crippen molar-refractivity contribution in [1.82, 2.24) is 0 Å². The molecular formula is C14H14OS. The fourth-order valence-electron chi connectivity index (χ4n) is 1.82. The Kier molecular flexibility index (Phi) is 3.62. The lowest BCUT2D eigenvalue weighted by molar-refractivity contribution is -0.109. The summed E-state index contributed by atoms with van der Waals surface area (Å²) in [5.74, 6) is 0.756. The van der Waals surface area contributed by atoms with Crippen LogP contribution in [0.4, 0.5) is 0 Å². The number of carbonyl (C=O) groups is 1. The van der Waals surface area contributed by atoms with Crippen molar-refractivity contribution in [2.24, 2.45) is 0 Å². The van der Waals surface area contributed by atoms with Gasteiger partial charge < -0.3 is 0 Å². The van der Waals surface area contributed by atoms with Crippen molar-refractivity contribution in [1.29, 1.82) is 0 Å². The van der Waals surface area contributed by atoms with Gasteiger partial charge in [-0.2, -0.15) is 0 Å². The zero-order valence-electron chi connectivity index (χ0n) is 9.27. The highest BCUT2D eigenvalue weighted by atomic mass is 32.2. The average Bonchev–Trinajstić information content (AvgIpc) is 2.72. The van der Waals surface area contributed by atoms with E-state index in [1.807, 2.05) is 0 Å². The molecule has 0 saturated carbocycles. The summed E-state index contributed by atoms with van der Waals surface area (Å²) in [5, 5.41) is 0.171. The summed E-state index contributed by atoms with van der Waals surface area (Å²) in [4.78, 5) is 10.8. The molecule has 2 rings (SSSR count). The van der Waals surface area contributed by atoms with E-state index >= 15 is 0 Å². The molecule has 0 heterocycles. The largest absolute Gasteiger partial charge is 0.288 e. The molecular weight excluding hydrogens is 216 g/mol. The van der Waals surface area contributed by atoms with E-state index in [4.69, 9.17) is 0 Å². The van der Waals surface area contributed by atoms with Crippen LogP contribution in [0.1, 0.15) is 23.6 Å². The zero-order chi connectivity index (χ0) is 11.4. The maximum Gasteiger partial charge on any atom is 0.186 e. The van der Waals surface area contributed by atoms with E-state index in [-0.39, 0.29) is 5.12 Å². The van der Waals surface area contributed by atoms with Crippen molar-refractivity contribution in [3.63, 3.8) is 0 Å². The SMILES string of the molecule is CC(=O)SCC=Cc1cccc2c1CC=C2. The van der Waals surface area contributed by atoms with Crippen LogP contribution in [-0.4, -0.2) is 10.9 Å².